The third-order valence-electron chi connectivity index (χ3n) is 5.69. The number of carbonyl (C=O) groups is 3. The molecule has 5 rings (SSSR count). The van der Waals surface area contributed by atoms with E-state index in [0.717, 1.165) is 9.13 Å². The quantitative estimate of drug-likeness (QED) is 0.110. The van der Waals surface area contributed by atoms with Crippen molar-refractivity contribution in [2.75, 3.05) is 6.61 Å². The first kappa shape index (κ1) is 31.8. The number of aliphatic carboxylic acids is 1. The van der Waals surface area contributed by atoms with E-state index < -0.39 is 11.9 Å². The zero-order chi connectivity index (χ0) is 30.6. The topological polar surface area (TPSA) is 151 Å². The summed E-state index contributed by atoms with van der Waals surface area (Å²) >= 11 is 1.99. The van der Waals surface area contributed by atoms with Crippen molar-refractivity contribution < 1.29 is 38.9 Å². The molecule has 10 heteroatoms. The maximum absolute atomic E-state index is 12.3. The van der Waals surface area contributed by atoms with E-state index in [1.54, 1.807) is 91.9 Å². The van der Waals surface area contributed by atoms with E-state index in [0.29, 0.717) is 39.7 Å². The highest BCUT2D eigenvalue weighted by molar-refractivity contribution is 14.1. The number of fused-ring (bicyclic) bond motifs is 2. The summed E-state index contributed by atoms with van der Waals surface area (Å²) in [6.45, 7) is 2.17. The number of rotatable bonds is 6. The van der Waals surface area contributed by atoms with Crippen LogP contribution in [0.2, 0.25) is 0 Å². The van der Waals surface area contributed by atoms with Crippen molar-refractivity contribution >= 4 is 62.4 Å². The Morgan fingerprint density at radius 1 is 0.786 bits per heavy atom. The molecule has 3 N–H and O–H groups in total. The Balaban J connectivity index is 0.000000184. The second-order valence-corrected chi connectivity index (χ2v) is 9.92. The maximum Gasteiger partial charge on any atom is 0.336 e. The smallest absolute Gasteiger partial charge is 0.336 e. The van der Waals surface area contributed by atoms with Gasteiger partial charge in [0.05, 0.1) is 35.8 Å². The van der Waals surface area contributed by atoms with Crippen LogP contribution in [-0.4, -0.2) is 39.8 Å². The van der Waals surface area contributed by atoms with Crippen molar-refractivity contribution in [1.82, 2.24) is 0 Å². The van der Waals surface area contributed by atoms with Crippen LogP contribution in [0, 0.1) is 3.57 Å². The number of hydrogen-bond acceptors (Lipinski definition) is 7. The lowest BCUT2D eigenvalue weighted by Crippen LogP contribution is -2.07. The number of hydrogen-bond donors (Lipinski definition) is 3. The molecule has 0 spiro atoms. The Kier molecular flexibility index (Phi) is 11.6. The number of carbonyl (C=O) groups excluding carboxylic acids is 1. The molecule has 0 aliphatic heterocycles. The molecule has 42 heavy (non-hydrogen) atoms. The van der Waals surface area contributed by atoms with Gasteiger partial charge in [-0.15, -0.1) is 0 Å². The van der Waals surface area contributed by atoms with Gasteiger partial charge in [0.15, 0.2) is 0 Å². The number of aromatic carboxylic acids is 1. The molecule has 0 atom stereocenters. The van der Waals surface area contributed by atoms with Crippen LogP contribution in [0.1, 0.15) is 28.4 Å². The van der Waals surface area contributed by atoms with E-state index in [4.69, 9.17) is 24.5 Å². The summed E-state index contributed by atoms with van der Waals surface area (Å²) in [7, 11) is 0. The van der Waals surface area contributed by atoms with Gasteiger partial charge < -0.3 is 24.5 Å². The third-order valence-corrected chi connectivity index (χ3v) is 6.63. The molecule has 0 unspecified atom stereocenters. The van der Waals surface area contributed by atoms with Crippen molar-refractivity contribution in [3.63, 3.8) is 0 Å². The molecule has 0 aliphatic rings. The van der Waals surface area contributed by atoms with E-state index in [2.05, 4.69) is 0 Å². The summed E-state index contributed by atoms with van der Waals surface area (Å²) in [5.41, 5.74) is 2.66. The van der Waals surface area contributed by atoms with Crippen molar-refractivity contribution in [1.29, 1.82) is 0 Å². The van der Waals surface area contributed by atoms with Crippen LogP contribution in [-0.2, 0) is 27.2 Å². The number of carboxylic acids is 2. The van der Waals surface area contributed by atoms with Gasteiger partial charge >= 0.3 is 17.9 Å². The summed E-state index contributed by atoms with van der Waals surface area (Å²) in [5.74, 6) is -1.84. The molecule has 5 aromatic rings. The number of esters is 1. The molecule has 4 aromatic carbocycles. The van der Waals surface area contributed by atoms with Crippen molar-refractivity contribution in [2.45, 2.75) is 19.8 Å². The van der Waals surface area contributed by atoms with E-state index in [9.17, 15) is 19.2 Å². The predicted molar refractivity (Wildman–Crippen MR) is 166 cm³/mol. The second-order valence-electron chi connectivity index (χ2n) is 8.76. The normalized spacial score (nSPS) is 10.1. The fourth-order valence-corrected chi connectivity index (χ4v) is 4.38. The molecule has 216 valence electrons. The number of phenolic OH excluding ortho intramolecular Hbond substituents is 1. The number of para-hydroxylation sites is 1. The van der Waals surface area contributed by atoms with Crippen molar-refractivity contribution in [3.8, 4) is 5.75 Å². The zero-order valence-electron chi connectivity index (χ0n) is 22.5. The molecule has 0 amide bonds. The highest BCUT2D eigenvalue weighted by Gasteiger charge is 2.09. The maximum atomic E-state index is 12.3. The van der Waals surface area contributed by atoms with Gasteiger partial charge in [0.1, 0.15) is 16.9 Å². The lowest BCUT2D eigenvalue weighted by atomic mass is 10.1. The molecule has 0 radical (unpaired) electrons. The number of ether oxygens (including phenoxy) is 1. The van der Waals surface area contributed by atoms with Crippen LogP contribution >= 0.6 is 22.6 Å². The van der Waals surface area contributed by atoms with E-state index in [-0.39, 0.29) is 30.0 Å². The van der Waals surface area contributed by atoms with Crippen molar-refractivity contribution in [2.24, 2.45) is 0 Å². The molecule has 0 bridgehead atoms. The molecule has 1 aromatic heterocycles. The van der Waals surface area contributed by atoms with Crippen LogP contribution in [0.25, 0.3) is 21.9 Å². The summed E-state index contributed by atoms with van der Waals surface area (Å²) in [6.07, 6.45) is 0.149. The SMILES string of the molecule is CCOC(=O)Cc1ccc(O)cc1.O=C(O)Cc1ccc2oc3ccccc3c(=O)c2c1.O=C(O)c1ccccc1I. The highest BCUT2D eigenvalue weighted by atomic mass is 127. The monoisotopic (exact) mass is 682 g/mol. The van der Waals surface area contributed by atoms with E-state index >= 15 is 0 Å². The van der Waals surface area contributed by atoms with Gasteiger partial charge in [-0.25, -0.2) is 4.79 Å². The van der Waals surface area contributed by atoms with Gasteiger partial charge in [-0.05, 0) is 89.2 Å². The standard InChI is InChI=1S/C15H10O4.C10H12O3.C7H5IO2/c16-14(17)8-9-5-6-13-11(7-9)15(18)10-3-1-2-4-12(10)19-13;1-2-13-10(12)7-8-3-5-9(11)6-4-8;8-6-4-2-1-3-5(6)7(9)10/h1-7H,8H2,(H,16,17);3-6,11H,2,7H2,1H3;1-4H,(H,9,10). The molecular formula is C32H27IO9. The van der Waals surface area contributed by atoms with Crippen LogP contribution in [0.3, 0.4) is 0 Å². The van der Waals surface area contributed by atoms with Crippen molar-refractivity contribution in [3.05, 3.63) is 121 Å². The predicted octanol–water partition coefficient (Wildman–Crippen LogP) is 6.06. The van der Waals surface area contributed by atoms with Gasteiger partial charge in [-0.3, -0.25) is 14.4 Å². The molecular weight excluding hydrogens is 655 g/mol. The summed E-state index contributed by atoms with van der Waals surface area (Å²) in [6, 6.07) is 25.3. The van der Waals surface area contributed by atoms with Crippen LogP contribution in [0.15, 0.2) is 100 Å². The first-order valence-electron chi connectivity index (χ1n) is 12.7. The number of halogens is 1. The minimum Gasteiger partial charge on any atom is -0.508 e. The molecule has 0 saturated carbocycles. The van der Waals surface area contributed by atoms with Gasteiger partial charge in [-0.1, -0.05) is 42.5 Å². The molecule has 0 aliphatic carbocycles. The minimum atomic E-state index is -0.926. The summed E-state index contributed by atoms with van der Waals surface area (Å²) in [5, 5.41) is 27.2. The number of benzene rings is 4. The fraction of sp³-hybridized carbons (Fsp3) is 0.125. The number of carboxylic acid groups (broad SMARTS) is 2. The summed E-state index contributed by atoms with van der Waals surface area (Å²) in [4.78, 5) is 44.4. The average molecular weight is 682 g/mol. The number of aromatic hydroxyl groups is 1. The van der Waals surface area contributed by atoms with E-state index in [1.165, 1.54) is 0 Å². The largest absolute Gasteiger partial charge is 0.508 e. The molecule has 0 fully saturated rings. The fourth-order valence-electron chi connectivity index (χ4n) is 3.76. The Labute approximate surface area is 254 Å². The molecule has 0 saturated heterocycles. The lowest BCUT2D eigenvalue weighted by Gasteiger charge is -2.03. The minimum absolute atomic E-state index is 0.109. The summed E-state index contributed by atoms with van der Waals surface area (Å²) < 4.78 is 11.2. The van der Waals surface area contributed by atoms with Gasteiger partial charge in [0.25, 0.3) is 0 Å². The lowest BCUT2D eigenvalue weighted by molar-refractivity contribution is -0.142. The first-order valence-corrected chi connectivity index (χ1v) is 13.7. The zero-order valence-corrected chi connectivity index (χ0v) is 24.6. The number of phenols is 1. The third kappa shape index (κ3) is 9.16. The average Bonchev–Trinajstić information content (AvgIpc) is 2.95. The van der Waals surface area contributed by atoms with Gasteiger partial charge in [0, 0.05) is 3.57 Å². The van der Waals surface area contributed by atoms with Crippen LogP contribution in [0.5, 0.6) is 5.75 Å². The Bertz CT molecular complexity index is 1760. The van der Waals surface area contributed by atoms with Gasteiger partial charge in [-0.2, -0.15) is 0 Å². The van der Waals surface area contributed by atoms with E-state index in [1.807, 2.05) is 28.7 Å². The van der Waals surface area contributed by atoms with Crippen LogP contribution in [0.4, 0.5) is 0 Å². The first-order chi connectivity index (χ1) is 20.1. The van der Waals surface area contributed by atoms with Gasteiger partial charge in [0.2, 0.25) is 5.43 Å². The highest BCUT2D eigenvalue weighted by Crippen LogP contribution is 2.19. The van der Waals surface area contributed by atoms with Crippen LogP contribution < -0.4 is 5.43 Å². The molecule has 1 heterocycles. The molecule has 9 nitrogen and oxygen atoms in total. The Morgan fingerprint density at radius 3 is 2.02 bits per heavy atom. The Morgan fingerprint density at radius 2 is 1.40 bits per heavy atom. The second kappa shape index (κ2) is 15.3. The Hall–Kier alpha value is -4.71.